The van der Waals surface area contributed by atoms with Gasteiger partial charge >= 0.3 is 0 Å². The van der Waals surface area contributed by atoms with Crippen LogP contribution in [0.25, 0.3) is 49.6 Å². The number of H-pyrrole nitrogens is 2. The molecule has 7 rings (SSSR count). The molecule has 5 aromatic carbocycles. The molecule has 0 unspecified atom stereocenters. The van der Waals surface area contributed by atoms with Crippen molar-refractivity contribution in [3.63, 3.8) is 0 Å². The number of rotatable bonds is 10. The number of aromatic amines is 2. The van der Waals surface area contributed by atoms with E-state index in [1.54, 1.807) is 0 Å². The molecule has 0 bridgehead atoms. The van der Waals surface area contributed by atoms with Gasteiger partial charge in [-0.25, -0.2) is 14.8 Å². The molecular formula is C42H28N6O2S2. The highest BCUT2D eigenvalue weighted by Crippen LogP contribution is 2.31. The summed E-state index contributed by atoms with van der Waals surface area (Å²) in [5.41, 5.74) is 7.36. The highest BCUT2D eigenvalue weighted by Gasteiger charge is 2.16. The molecule has 250 valence electrons. The first kappa shape index (κ1) is 34.0. The fourth-order valence-electron chi connectivity index (χ4n) is 5.59. The van der Waals surface area contributed by atoms with Gasteiger partial charge in [-0.05, 0) is 38.9 Å². The Balaban J connectivity index is 1.02. The van der Waals surface area contributed by atoms with Crippen molar-refractivity contribution in [3.8, 4) is 50.8 Å². The third-order valence-corrected chi connectivity index (χ3v) is 10.2. The average Bonchev–Trinajstić information content (AvgIpc) is 3.20. The van der Waals surface area contributed by atoms with Crippen LogP contribution in [0.4, 0.5) is 5.69 Å². The van der Waals surface area contributed by atoms with Gasteiger partial charge < -0.3 is 9.97 Å². The molecular weight excluding hydrogens is 685 g/mol. The molecule has 0 amide bonds. The molecule has 2 aromatic heterocycles. The first-order chi connectivity index (χ1) is 25.5. The third-order valence-electron chi connectivity index (χ3n) is 8.30. The molecule has 0 saturated heterocycles. The summed E-state index contributed by atoms with van der Waals surface area (Å²) in [6.07, 6.45) is 0. The molecule has 8 nitrogen and oxygen atoms in total. The van der Waals surface area contributed by atoms with Crippen LogP contribution >= 0.6 is 23.5 Å². The van der Waals surface area contributed by atoms with Crippen LogP contribution in [-0.2, 0) is 11.5 Å². The maximum absolute atomic E-state index is 12.9. The van der Waals surface area contributed by atoms with Crippen LogP contribution in [0.1, 0.15) is 16.7 Å². The zero-order valence-corrected chi connectivity index (χ0v) is 29.2. The summed E-state index contributed by atoms with van der Waals surface area (Å²) in [5, 5.41) is 10.6. The summed E-state index contributed by atoms with van der Waals surface area (Å²) in [6.45, 7) is 7.60. The van der Waals surface area contributed by atoms with Gasteiger partial charge in [0.1, 0.15) is 11.6 Å². The summed E-state index contributed by atoms with van der Waals surface area (Å²) < 4.78 is 0. The predicted octanol–water partition coefficient (Wildman–Crippen LogP) is 9.53. The smallest absolute Gasteiger partial charge is 0.276 e. The van der Waals surface area contributed by atoms with Gasteiger partial charge in [-0.2, -0.15) is 5.26 Å². The molecule has 0 aliphatic carbocycles. The maximum atomic E-state index is 12.9. The van der Waals surface area contributed by atoms with E-state index in [0.29, 0.717) is 44.3 Å². The van der Waals surface area contributed by atoms with Crippen molar-refractivity contribution in [2.24, 2.45) is 0 Å². The van der Waals surface area contributed by atoms with E-state index < -0.39 is 11.1 Å². The van der Waals surface area contributed by atoms with E-state index in [4.69, 9.17) is 6.57 Å². The third kappa shape index (κ3) is 7.64. The SMILES string of the molecule is [C-]#[N+]c1c(-c2ccc(-c3ccccc3)cc2)nc(SCc2ccc(CSc3nc(-c4ccc(-c5ccccc5)cc4)c(C#N)c(=O)[nH]3)cc2)[nH]c1=O. The molecule has 2 heterocycles. The number of nitrogens with zero attached hydrogens (tertiary/aromatic N) is 4. The molecule has 0 radical (unpaired) electrons. The van der Waals surface area contributed by atoms with Crippen LogP contribution in [0.3, 0.4) is 0 Å². The highest BCUT2D eigenvalue weighted by atomic mass is 32.2. The Morgan fingerprint density at radius 1 is 0.558 bits per heavy atom. The summed E-state index contributed by atoms with van der Waals surface area (Å²) >= 11 is 2.77. The highest BCUT2D eigenvalue weighted by molar-refractivity contribution is 7.98. The van der Waals surface area contributed by atoms with E-state index in [1.807, 2.05) is 140 Å². The van der Waals surface area contributed by atoms with E-state index in [2.05, 4.69) is 24.8 Å². The van der Waals surface area contributed by atoms with Crippen LogP contribution in [-0.4, -0.2) is 19.9 Å². The normalized spacial score (nSPS) is 10.7. The van der Waals surface area contributed by atoms with Gasteiger partial charge in [-0.3, -0.25) is 9.59 Å². The predicted molar refractivity (Wildman–Crippen MR) is 208 cm³/mol. The van der Waals surface area contributed by atoms with Crippen molar-refractivity contribution in [2.45, 2.75) is 21.8 Å². The molecule has 0 saturated carbocycles. The van der Waals surface area contributed by atoms with E-state index in [1.165, 1.54) is 23.5 Å². The molecule has 2 N–H and O–H groups in total. The van der Waals surface area contributed by atoms with Crippen LogP contribution in [0.5, 0.6) is 0 Å². The summed E-state index contributed by atoms with van der Waals surface area (Å²) in [4.78, 5) is 44.0. The van der Waals surface area contributed by atoms with E-state index in [-0.39, 0.29) is 11.3 Å². The Hall–Kier alpha value is -6.46. The number of nitrogens with one attached hydrogen (secondary N) is 2. The Bertz CT molecular complexity index is 2380. The van der Waals surface area contributed by atoms with Gasteiger partial charge in [0.05, 0.1) is 18.0 Å². The second-order valence-corrected chi connectivity index (χ2v) is 13.6. The van der Waals surface area contributed by atoms with Crippen LogP contribution < -0.4 is 11.1 Å². The summed E-state index contributed by atoms with van der Waals surface area (Å²) in [7, 11) is 0. The van der Waals surface area contributed by atoms with Crippen LogP contribution in [0.15, 0.2) is 153 Å². The average molecular weight is 713 g/mol. The molecule has 0 aliphatic rings. The zero-order chi connectivity index (χ0) is 35.9. The molecule has 0 fully saturated rings. The first-order valence-corrected chi connectivity index (χ1v) is 18.2. The second kappa shape index (κ2) is 15.6. The van der Waals surface area contributed by atoms with E-state index >= 15 is 0 Å². The first-order valence-electron chi connectivity index (χ1n) is 16.2. The summed E-state index contributed by atoms with van der Waals surface area (Å²) in [5.74, 6) is 1.10. The van der Waals surface area contributed by atoms with E-state index in [0.717, 1.165) is 33.4 Å². The van der Waals surface area contributed by atoms with Gasteiger partial charge in [0, 0.05) is 17.1 Å². The number of thioether (sulfide) groups is 2. The quantitative estimate of drug-likeness (QED) is 0.0824. The molecule has 52 heavy (non-hydrogen) atoms. The number of benzene rings is 5. The fourth-order valence-corrected chi connectivity index (χ4v) is 7.22. The van der Waals surface area contributed by atoms with Gasteiger partial charge in [0.15, 0.2) is 10.3 Å². The number of hydrogen-bond donors (Lipinski definition) is 2. The van der Waals surface area contributed by atoms with Crippen LogP contribution in [0, 0.1) is 17.9 Å². The lowest BCUT2D eigenvalue weighted by Gasteiger charge is -2.09. The number of aromatic nitrogens is 4. The van der Waals surface area contributed by atoms with Gasteiger partial charge in [0.2, 0.25) is 0 Å². The van der Waals surface area contributed by atoms with Crippen molar-refractivity contribution >= 4 is 29.2 Å². The lowest BCUT2D eigenvalue weighted by molar-refractivity contribution is 0.934. The second-order valence-electron chi connectivity index (χ2n) is 11.7. The lowest BCUT2D eigenvalue weighted by Crippen LogP contribution is -2.14. The number of nitriles is 1. The minimum atomic E-state index is -0.474. The van der Waals surface area contributed by atoms with Crippen molar-refractivity contribution in [3.05, 3.63) is 182 Å². The van der Waals surface area contributed by atoms with Crippen molar-refractivity contribution in [2.75, 3.05) is 0 Å². The minimum Gasteiger partial charge on any atom is -0.311 e. The van der Waals surface area contributed by atoms with Gasteiger partial charge in [0.25, 0.3) is 16.8 Å². The largest absolute Gasteiger partial charge is 0.311 e. The van der Waals surface area contributed by atoms with E-state index in [9.17, 15) is 14.9 Å². The summed E-state index contributed by atoms with van der Waals surface area (Å²) in [6, 6.07) is 45.4. The Morgan fingerprint density at radius 2 is 0.962 bits per heavy atom. The Kier molecular flexibility index (Phi) is 10.2. The molecule has 10 heteroatoms. The van der Waals surface area contributed by atoms with Crippen molar-refractivity contribution < 1.29 is 0 Å². The Morgan fingerprint density at radius 3 is 1.42 bits per heavy atom. The van der Waals surface area contributed by atoms with Crippen LogP contribution in [0.2, 0.25) is 0 Å². The minimum absolute atomic E-state index is 0.0219. The molecule has 0 aliphatic heterocycles. The Labute approximate surface area is 308 Å². The standard InChI is InChI=1S/C42H28N6O2S2/c1-44-38-37(34-22-18-32(19-23-34)30-10-6-3-7-11-30)46-42(48-40(38)50)52-26-28-14-12-27(13-15-28)25-51-41-45-36(35(24-43)39(49)47-41)33-20-16-31(17-21-33)29-8-4-2-5-9-29/h2-23H,25-26H2,(H,45,47,49)(H,46,48,50). The van der Waals surface area contributed by atoms with Gasteiger partial charge in [-0.15, -0.1) is 0 Å². The lowest BCUT2D eigenvalue weighted by atomic mass is 10.0. The topological polar surface area (TPSA) is 120 Å². The zero-order valence-electron chi connectivity index (χ0n) is 27.5. The monoisotopic (exact) mass is 712 g/mol. The van der Waals surface area contributed by atoms with Crippen molar-refractivity contribution in [1.82, 2.24) is 19.9 Å². The maximum Gasteiger partial charge on any atom is 0.276 e. The number of hydrogen-bond acceptors (Lipinski definition) is 7. The van der Waals surface area contributed by atoms with Crippen molar-refractivity contribution in [1.29, 1.82) is 5.26 Å². The van der Waals surface area contributed by atoms with Gasteiger partial charge in [-0.1, -0.05) is 157 Å². The molecule has 0 spiro atoms. The molecule has 0 atom stereocenters. The fraction of sp³-hybridized carbons (Fsp3) is 0.0476. The molecule has 7 aromatic rings.